The van der Waals surface area contributed by atoms with Crippen LogP contribution in [0.4, 0.5) is 5.69 Å². The maximum atomic E-state index is 12.3. The summed E-state index contributed by atoms with van der Waals surface area (Å²) in [6.07, 6.45) is 0.0857. The van der Waals surface area contributed by atoms with Gasteiger partial charge in [-0.25, -0.2) is 0 Å². The Morgan fingerprint density at radius 2 is 1.83 bits per heavy atom. The summed E-state index contributed by atoms with van der Waals surface area (Å²) in [5.74, 6) is 0.661. The lowest BCUT2D eigenvalue weighted by Crippen LogP contribution is -2.15. The molecule has 2 aromatic carbocycles. The minimum atomic E-state index is -0.219. The molecule has 0 aliphatic heterocycles. The van der Waals surface area contributed by atoms with Gasteiger partial charge >= 0.3 is 0 Å². The Labute approximate surface area is 148 Å². The van der Waals surface area contributed by atoms with Crippen LogP contribution in [-0.2, 0) is 11.2 Å². The fourth-order valence-electron chi connectivity index (χ4n) is 2.21. The average molecular weight is 362 g/mol. The number of hydrogen-bond donors (Lipinski definition) is 1. The molecule has 1 amide bonds. The molecule has 24 heavy (non-hydrogen) atoms. The quantitative estimate of drug-likeness (QED) is 0.740. The third-order valence-electron chi connectivity index (χ3n) is 3.32. The van der Waals surface area contributed by atoms with Gasteiger partial charge in [-0.15, -0.1) is 10.2 Å². The molecule has 1 heterocycles. The molecule has 0 aliphatic rings. The van der Waals surface area contributed by atoms with Gasteiger partial charge in [0.1, 0.15) is 0 Å². The van der Waals surface area contributed by atoms with E-state index in [1.165, 1.54) is 0 Å². The summed E-state index contributed by atoms with van der Waals surface area (Å²) in [7, 11) is 0. The van der Waals surface area contributed by atoms with Crippen LogP contribution in [0.5, 0.6) is 0 Å². The number of anilines is 1. The molecule has 0 fully saturated rings. The second-order valence-corrected chi connectivity index (χ2v) is 5.95. The Hall–Kier alpha value is -2.37. The summed E-state index contributed by atoms with van der Waals surface area (Å²) < 4.78 is 5.39. The zero-order valence-electron chi connectivity index (χ0n) is 12.7. The van der Waals surface area contributed by atoms with Gasteiger partial charge in [-0.05, 0) is 35.9 Å². The summed E-state index contributed by atoms with van der Waals surface area (Å²) in [6.45, 7) is 1.72. The maximum absolute atomic E-state index is 12.3. The van der Waals surface area contributed by atoms with E-state index in [0.717, 1.165) is 5.56 Å². The number of benzene rings is 2. The van der Waals surface area contributed by atoms with Crippen LogP contribution in [0.2, 0.25) is 10.0 Å². The first-order valence-corrected chi connectivity index (χ1v) is 7.92. The van der Waals surface area contributed by atoms with Gasteiger partial charge in [0.15, 0.2) is 0 Å². The summed E-state index contributed by atoms with van der Waals surface area (Å²) in [6, 6.07) is 12.3. The Morgan fingerprint density at radius 1 is 1.12 bits per heavy atom. The smallest absolute Gasteiger partial charge is 0.247 e. The minimum Gasteiger partial charge on any atom is -0.421 e. The number of carbonyl (C=O) groups excluding carboxylic acids is 1. The van der Waals surface area contributed by atoms with Gasteiger partial charge in [-0.3, -0.25) is 4.79 Å². The van der Waals surface area contributed by atoms with Gasteiger partial charge in [0.05, 0.1) is 6.42 Å². The van der Waals surface area contributed by atoms with E-state index in [9.17, 15) is 4.79 Å². The normalized spacial score (nSPS) is 10.6. The molecule has 1 N–H and O–H groups in total. The fourth-order valence-corrected chi connectivity index (χ4v) is 2.74. The third kappa shape index (κ3) is 3.75. The summed E-state index contributed by atoms with van der Waals surface area (Å²) >= 11 is 12.2. The number of aryl methyl sites for hydroxylation is 1. The molecule has 1 aromatic heterocycles. The van der Waals surface area contributed by atoms with Crippen molar-refractivity contribution in [2.75, 3.05) is 5.32 Å². The minimum absolute atomic E-state index is 0.0857. The van der Waals surface area contributed by atoms with E-state index in [1.807, 2.05) is 6.07 Å². The van der Waals surface area contributed by atoms with Crippen LogP contribution in [0.25, 0.3) is 11.5 Å². The number of halogens is 2. The first-order chi connectivity index (χ1) is 11.5. The maximum Gasteiger partial charge on any atom is 0.247 e. The largest absolute Gasteiger partial charge is 0.421 e. The van der Waals surface area contributed by atoms with Crippen LogP contribution in [0.1, 0.15) is 11.5 Å². The Kier molecular flexibility index (Phi) is 4.83. The third-order valence-corrected chi connectivity index (χ3v) is 4.03. The van der Waals surface area contributed by atoms with Gasteiger partial charge in [-0.2, -0.15) is 0 Å². The molecular weight excluding hydrogens is 349 g/mol. The lowest BCUT2D eigenvalue weighted by Gasteiger charge is -2.08. The topological polar surface area (TPSA) is 68.0 Å². The van der Waals surface area contributed by atoms with Crippen molar-refractivity contribution in [3.63, 3.8) is 0 Å². The van der Waals surface area contributed by atoms with Gasteiger partial charge in [0.25, 0.3) is 0 Å². The van der Waals surface area contributed by atoms with Gasteiger partial charge in [0.2, 0.25) is 17.7 Å². The van der Waals surface area contributed by atoms with Crippen LogP contribution in [0.3, 0.4) is 0 Å². The Balaban J connectivity index is 1.75. The van der Waals surface area contributed by atoms with E-state index < -0.39 is 0 Å². The van der Waals surface area contributed by atoms with Crippen molar-refractivity contribution < 1.29 is 9.21 Å². The summed E-state index contributed by atoms with van der Waals surface area (Å²) in [5, 5.41) is 11.5. The molecule has 3 aromatic rings. The SMILES string of the molecule is Cc1nnc(-c2cccc(NC(=O)Cc3c(Cl)cccc3Cl)c2)o1. The van der Waals surface area contributed by atoms with Gasteiger partial charge in [0, 0.05) is 28.2 Å². The van der Waals surface area contributed by atoms with Crippen molar-refractivity contribution in [3.05, 3.63) is 64.0 Å². The molecule has 0 saturated heterocycles. The standard InChI is InChI=1S/C17H13Cl2N3O2/c1-10-21-22-17(24-10)11-4-2-5-12(8-11)20-16(23)9-13-14(18)6-3-7-15(13)19/h2-8H,9H2,1H3,(H,20,23). The number of nitrogens with one attached hydrogen (secondary N) is 1. The van der Waals surface area contributed by atoms with Crippen molar-refractivity contribution in [1.82, 2.24) is 10.2 Å². The van der Waals surface area contributed by atoms with E-state index in [4.69, 9.17) is 27.6 Å². The highest BCUT2D eigenvalue weighted by atomic mass is 35.5. The number of hydrogen-bond acceptors (Lipinski definition) is 4. The van der Waals surface area contributed by atoms with Crippen molar-refractivity contribution in [3.8, 4) is 11.5 Å². The number of amides is 1. The molecule has 122 valence electrons. The molecule has 5 nitrogen and oxygen atoms in total. The highest BCUT2D eigenvalue weighted by Crippen LogP contribution is 2.26. The summed E-state index contributed by atoms with van der Waals surface area (Å²) in [5.41, 5.74) is 1.95. The van der Waals surface area contributed by atoms with E-state index in [-0.39, 0.29) is 12.3 Å². The molecular formula is C17H13Cl2N3O2. The monoisotopic (exact) mass is 361 g/mol. The van der Waals surface area contributed by atoms with Crippen molar-refractivity contribution >= 4 is 34.8 Å². The Morgan fingerprint density at radius 3 is 2.50 bits per heavy atom. The number of aromatic nitrogens is 2. The average Bonchev–Trinajstić information content (AvgIpc) is 2.98. The van der Waals surface area contributed by atoms with Crippen molar-refractivity contribution in [2.45, 2.75) is 13.3 Å². The molecule has 0 saturated carbocycles. The van der Waals surface area contributed by atoms with Gasteiger partial charge < -0.3 is 9.73 Å². The van der Waals surface area contributed by atoms with Gasteiger partial charge in [-0.1, -0.05) is 35.3 Å². The zero-order chi connectivity index (χ0) is 17.1. The fraction of sp³-hybridized carbons (Fsp3) is 0.118. The molecule has 0 radical (unpaired) electrons. The molecule has 3 rings (SSSR count). The second kappa shape index (κ2) is 7.03. The number of rotatable bonds is 4. The van der Waals surface area contributed by atoms with Crippen LogP contribution in [0, 0.1) is 6.92 Å². The van der Waals surface area contributed by atoms with Crippen LogP contribution >= 0.6 is 23.2 Å². The van der Waals surface area contributed by atoms with Crippen molar-refractivity contribution in [1.29, 1.82) is 0 Å². The first kappa shape index (κ1) is 16.5. The molecule has 0 atom stereocenters. The van der Waals surface area contributed by atoms with Crippen LogP contribution in [-0.4, -0.2) is 16.1 Å². The van der Waals surface area contributed by atoms with E-state index >= 15 is 0 Å². The molecule has 0 spiro atoms. The first-order valence-electron chi connectivity index (χ1n) is 7.16. The molecule has 0 aliphatic carbocycles. The molecule has 0 bridgehead atoms. The Bertz CT molecular complexity index is 873. The molecule has 7 heteroatoms. The second-order valence-electron chi connectivity index (χ2n) is 5.13. The van der Waals surface area contributed by atoms with Crippen LogP contribution in [0.15, 0.2) is 46.9 Å². The predicted octanol–water partition coefficient (Wildman–Crippen LogP) is 4.53. The zero-order valence-corrected chi connectivity index (χ0v) is 14.2. The lowest BCUT2D eigenvalue weighted by molar-refractivity contribution is -0.115. The van der Waals surface area contributed by atoms with E-state index in [2.05, 4.69) is 15.5 Å². The molecule has 0 unspecified atom stereocenters. The van der Waals surface area contributed by atoms with Crippen molar-refractivity contribution in [2.24, 2.45) is 0 Å². The van der Waals surface area contributed by atoms with Crippen LogP contribution < -0.4 is 5.32 Å². The lowest BCUT2D eigenvalue weighted by atomic mass is 10.1. The predicted molar refractivity (Wildman–Crippen MR) is 93.3 cm³/mol. The number of nitrogens with zero attached hydrogens (tertiary/aromatic N) is 2. The highest BCUT2D eigenvalue weighted by molar-refractivity contribution is 6.36. The highest BCUT2D eigenvalue weighted by Gasteiger charge is 2.12. The number of carbonyl (C=O) groups is 1. The van der Waals surface area contributed by atoms with E-state index in [1.54, 1.807) is 43.3 Å². The summed E-state index contributed by atoms with van der Waals surface area (Å²) in [4.78, 5) is 12.3. The van der Waals surface area contributed by atoms with E-state index in [0.29, 0.717) is 33.1 Å².